The van der Waals surface area contributed by atoms with Crippen molar-refractivity contribution in [2.45, 2.75) is 0 Å². The second-order valence-electron chi connectivity index (χ2n) is 13.0. The topological polar surface area (TPSA) is 16.4 Å². The van der Waals surface area contributed by atoms with Gasteiger partial charge < -0.3 is 9.32 Å². The average Bonchev–Trinajstić information content (AvgIpc) is 3.64. The lowest BCUT2D eigenvalue weighted by Crippen LogP contribution is -2.10. The van der Waals surface area contributed by atoms with Crippen molar-refractivity contribution in [3.63, 3.8) is 0 Å². The van der Waals surface area contributed by atoms with Gasteiger partial charge in [-0.1, -0.05) is 158 Å². The van der Waals surface area contributed by atoms with Crippen molar-refractivity contribution in [3.05, 3.63) is 200 Å². The molecule has 0 saturated carbocycles. The van der Waals surface area contributed by atoms with Crippen LogP contribution in [0.15, 0.2) is 205 Å². The minimum absolute atomic E-state index is 0.111. The van der Waals surface area contributed by atoms with Crippen LogP contribution in [0, 0.1) is 0 Å². The van der Waals surface area contributed by atoms with E-state index >= 15 is 0 Å². The Morgan fingerprint density at radius 1 is 0.365 bits per heavy atom. The summed E-state index contributed by atoms with van der Waals surface area (Å²) >= 11 is 0. The second kappa shape index (κ2) is 12.5. The first kappa shape index (κ1) is 26.0. The summed E-state index contributed by atoms with van der Waals surface area (Å²) in [4.78, 5) is 1.85. The number of furan rings is 1. The van der Waals surface area contributed by atoms with Gasteiger partial charge in [0.05, 0.1) is 16.6 Å². The van der Waals surface area contributed by atoms with Gasteiger partial charge in [-0.3, -0.25) is 0 Å². The highest BCUT2D eigenvalue weighted by molar-refractivity contribution is 6.13. The normalized spacial score (nSPS) is 12.5. The standard InChI is InChI=1S/C50H33NO/c1-3-14-42-36(10-1)12-7-17-44(42)38-24-22-34(23-25-38)35-26-30-40(31-27-35)51(47-19-9-21-49-50(47)46-16-5-6-20-48(46)52-49)41-32-28-39(29-33-41)45-18-8-13-37-11-2-4-15-43(37)45/h1-33H/i26D,27D,30D,31D. The average molecular weight is 668 g/mol. The van der Waals surface area contributed by atoms with Crippen LogP contribution in [0.5, 0.6) is 0 Å². The maximum Gasteiger partial charge on any atom is 0.137 e. The Kier molecular flexibility index (Phi) is 6.22. The fraction of sp³-hybridized carbons (Fsp3) is 0. The molecule has 0 atom stereocenters. The van der Waals surface area contributed by atoms with Crippen molar-refractivity contribution in [1.29, 1.82) is 0 Å². The van der Waals surface area contributed by atoms with E-state index in [1.165, 1.54) is 0 Å². The number of hydrogen-bond donors (Lipinski definition) is 0. The highest BCUT2D eigenvalue weighted by Crippen LogP contribution is 2.44. The third-order valence-corrected chi connectivity index (χ3v) is 9.96. The Hall–Kier alpha value is -6.90. The summed E-state index contributed by atoms with van der Waals surface area (Å²) in [6.07, 6.45) is 0. The van der Waals surface area contributed by atoms with Gasteiger partial charge in [-0.15, -0.1) is 0 Å². The quantitative estimate of drug-likeness (QED) is 0.175. The monoisotopic (exact) mass is 667 g/mol. The van der Waals surface area contributed by atoms with Crippen molar-refractivity contribution in [1.82, 2.24) is 0 Å². The molecule has 0 unspecified atom stereocenters. The molecule has 2 nitrogen and oxygen atoms in total. The molecule has 0 bridgehead atoms. The van der Waals surface area contributed by atoms with Crippen molar-refractivity contribution in [2.24, 2.45) is 0 Å². The molecule has 0 fully saturated rings. The molecule has 10 aromatic rings. The Morgan fingerprint density at radius 2 is 0.865 bits per heavy atom. The number of anilines is 3. The lowest BCUT2D eigenvalue weighted by Gasteiger charge is -2.26. The largest absolute Gasteiger partial charge is 0.456 e. The molecule has 1 heterocycles. The van der Waals surface area contributed by atoms with Crippen molar-refractivity contribution in [2.75, 3.05) is 4.90 Å². The summed E-state index contributed by atoms with van der Waals surface area (Å²) in [7, 11) is 0. The van der Waals surface area contributed by atoms with Gasteiger partial charge in [0.1, 0.15) is 11.2 Å². The van der Waals surface area contributed by atoms with Crippen molar-refractivity contribution < 1.29 is 9.90 Å². The Balaban J connectivity index is 1.14. The zero-order chi connectivity index (χ0) is 37.9. The number of benzene rings is 9. The van der Waals surface area contributed by atoms with E-state index in [2.05, 4.69) is 66.7 Å². The predicted molar refractivity (Wildman–Crippen MR) is 220 cm³/mol. The summed E-state index contributed by atoms with van der Waals surface area (Å²) < 4.78 is 44.2. The van der Waals surface area contributed by atoms with Crippen molar-refractivity contribution >= 4 is 60.5 Å². The van der Waals surface area contributed by atoms with Crippen LogP contribution in [0.2, 0.25) is 0 Å². The minimum Gasteiger partial charge on any atom is -0.456 e. The van der Waals surface area contributed by atoms with E-state index < -0.39 is 0 Å². The number of nitrogens with zero attached hydrogens (tertiary/aromatic N) is 1. The molecule has 0 spiro atoms. The molecule has 0 aliphatic heterocycles. The SMILES string of the molecule is [2H]c1c([2H])c(N(c2ccc(-c3cccc4ccccc34)cc2)c2cccc3oc4ccccc4c23)c([2H])c([2H])c1-c1ccc(-c2cccc3ccccc23)cc1. The van der Waals surface area contributed by atoms with Gasteiger partial charge in [0.25, 0.3) is 0 Å². The van der Waals surface area contributed by atoms with Gasteiger partial charge in [-0.2, -0.15) is 0 Å². The Bertz CT molecular complexity index is 3090. The number of fused-ring (bicyclic) bond motifs is 5. The molecule has 0 saturated heterocycles. The molecule has 0 radical (unpaired) electrons. The van der Waals surface area contributed by atoms with Crippen molar-refractivity contribution in [3.8, 4) is 33.4 Å². The van der Waals surface area contributed by atoms with E-state index in [9.17, 15) is 5.48 Å². The van der Waals surface area contributed by atoms with E-state index in [-0.39, 0.29) is 35.4 Å². The van der Waals surface area contributed by atoms with Gasteiger partial charge in [0.2, 0.25) is 0 Å². The maximum absolute atomic E-state index is 9.56. The lowest BCUT2D eigenvalue weighted by molar-refractivity contribution is 0.669. The molecule has 0 N–H and O–H groups in total. The van der Waals surface area contributed by atoms with Gasteiger partial charge in [0.15, 0.2) is 0 Å². The van der Waals surface area contributed by atoms with E-state index in [0.717, 1.165) is 60.2 Å². The van der Waals surface area contributed by atoms with Crippen LogP contribution in [0.4, 0.5) is 17.1 Å². The summed E-state index contributed by atoms with van der Waals surface area (Å²) in [5.41, 5.74) is 8.04. The third kappa shape index (κ3) is 5.12. The summed E-state index contributed by atoms with van der Waals surface area (Å²) in [6.45, 7) is 0. The fourth-order valence-electron chi connectivity index (χ4n) is 7.45. The molecule has 1 aromatic heterocycles. The van der Waals surface area contributed by atoms with E-state index in [4.69, 9.17) is 4.42 Å². The van der Waals surface area contributed by atoms with Crippen LogP contribution in [-0.2, 0) is 0 Å². The number of rotatable bonds is 6. The first-order chi connectivity index (χ1) is 27.5. The third-order valence-electron chi connectivity index (χ3n) is 9.96. The molecule has 0 amide bonds. The molecular weight excluding hydrogens is 631 g/mol. The Morgan fingerprint density at radius 3 is 1.52 bits per heavy atom. The number of hydrogen-bond acceptors (Lipinski definition) is 2. The molecular formula is C50H33NO. The van der Waals surface area contributed by atoms with E-state index in [0.29, 0.717) is 22.5 Å². The van der Waals surface area contributed by atoms with Crippen LogP contribution in [0.25, 0.3) is 76.9 Å². The zero-order valence-electron chi connectivity index (χ0n) is 32.1. The van der Waals surface area contributed by atoms with Gasteiger partial charge in [0, 0.05) is 16.8 Å². The fourth-order valence-corrected chi connectivity index (χ4v) is 7.45. The molecule has 9 aromatic carbocycles. The summed E-state index contributed by atoms with van der Waals surface area (Å²) in [5.74, 6) is 0. The van der Waals surface area contributed by atoms with Gasteiger partial charge in [-0.25, -0.2) is 0 Å². The first-order valence-corrected chi connectivity index (χ1v) is 17.4. The van der Waals surface area contributed by atoms with Crippen LogP contribution >= 0.6 is 0 Å². The molecule has 244 valence electrons. The highest BCUT2D eigenvalue weighted by Gasteiger charge is 2.19. The van der Waals surface area contributed by atoms with E-state index in [1.54, 1.807) is 0 Å². The predicted octanol–water partition coefficient (Wildman–Crippen LogP) is 14.4. The zero-order valence-corrected chi connectivity index (χ0v) is 28.1. The van der Waals surface area contributed by atoms with Gasteiger partial charge in [-0.05, 0) is 97.3 Å². The van der Waals surface area contributed by atoms with Crippen LogP contribution in [0.3, 0.4) is 0 Å². The minimum atomic E-state index is -0.137. The van der Waals surface area contributed by atoms with Crippen LogP contribution in [-0.4, -0.2) is 0 Å². The van der Waals surface area contributed by atoms with Crippen LogP contribution < -0.4 is 4.90 Å². The van der Waals surface area contributed by atoms with E-state index in [1.807, 2.05) is 114 Å². The summed E-state index contributed by atoms with van der Waals surface area (Å²) in [5, 5.41) is 6.31. The smallest absolute Gasteiger partial charge is 0.137 e. The molecule has 2 heteroatoms. The number of para-hydroxylation sites is 1. The summed E-state index contributed by atoms with van der Waals surface area (Å²) in [6, 6.07) is 58.1. The molecule has 0 aliphatic carbocycles. The molecule has 52 heavy (non-hydrogen) atoms. The first-order valence-electron chi connectivity index (χ1n) is 19.4. The maximum atomic E-state index is 9.56. The second-order valence-corrected chi connectivity index (χ2v) is 13.0. The molecule has 10 rings (SSSR count). The Labute approximate surface area is 308 Å². The van der Waals surface area contributed by atoms with Gasteiger partial charge >= 0.3 is 0 Å². The molecule has 0 aliphatic rings. The highest BCUT2D eigenvalue weighted by atomic mass is 16.3. The lowest BCUT2D eigenvalue weighted by atomic mass is 9.96. The van der Waals surface area contributed by atoms with Crippen LogP contribution in [0.1, 0.15) is 5.48 Å².